The topological polar surface area (TPSA) is 93.2 Å². The molecule has 1 saturated heterocycles. The Morgan fingerprint density at radius 1 is 0.656 bits per heavy atom. The molecule has 0 aromatic carbocycles. The van der Waals surface area contributed by atoms with E-state index in [0.29, 0.717) is 12.8 Å². The van der Waals surface area contributed by atoms with Crippen LogP contribution in [0.15, 0.2) is 0 Å². The summed E-state index contributed by atoms with van der Waals surface area (Å²) in [6, 6.07) is -1.78. The minimum atomic E-state index is -1.07. The molecule has 0 aliphatic carbocycles. The first kappa shape index (κ1) is 27.9. The summed E-state index contributed by atoms with van der Waals surface area (Å²) in [6.45, 7) is 14.7. The average Bonchev–Trinajstić information content (AvgIpc) is 2.73. The molecule has 6 unspecified atom stereocenters. The van der Waals surface area contributed by atoms with E-state index in [1.807, 2.05) is 27.7 Å². The van der Waals surface area contributed by atoms with Gasteiger partial charge in [-0.1, -0.05) is 68.2 Å². The van der Waals surface area contributed by atoms with Gasteiger partial charge >= 0.3 is 11.9 Å². The summed E-state index contributed by atoms with van der Waals surface area (Å²) in [6.07, 6.45) is -0.885. The van der Waals surface area contributed by atoms with E-state index in [4.69, 9.17) is 9.47 Å². The van der Waals surface area contributed by atoms with Gasteiger partial charge in [-0.15, -0.1) is 0 Å². The lowest BCUT2D eigenvalue weighted by Crippen LogP contribution is -2.58. The van der Waals surface area contributed by atoms with Gasteiger partial charge in [0.1, 0.15) is 12.1 Å². The number of rotatable bonds is 6. The van der Waals surface area contributed by atoms with Crippen LogP contribution in [0.2, 0.25) is 0 Å². The van der Waals surface area contributed by atoms with Gasteiger partial charge < -0.3 is 19.3 Å². The van der Waals surface area contributed by atoms with Gasteiger partial charge in [0.2, 0.25) is 0 Å². The molecule has 0 saturated carbocycles. The maximum atomic E-state index is 13.4. The Morgan fingerprint density at radius 3 is 1.16 bits per heavy atom. The molecule has 0 spiro atoms. The van der Waals surface area contributed by atoms with Gasteiger partial charge in [0.15, 0.2) is 12.2 Å². The number of ether oxygens (including phenoxy) is 2. The van der Waals surface area contributed by atoms with Crippen molar-refractivity contribution in [2.75, 3.05) is 14.1 Å². The molecule has 32 heavy (non-hydrogen) atoms. The lowest BCUT2D eigenvalue weighted by atomic mass is 9.94. The maximum absolute atomic E-state index is 13.4. The van der Waals surface area contributed by atoms with Gasteiger partial charge in [-0.05, 0) is 23.7 Å². The quantitative estimate of drug-likeness (QED) is 0.573. The zero-order chi connectivity index (χ0) is 24.9. The van der Waals surface area contributed by atoms with E-state index in [0.717, 1.165) is 0 Å². The molecule has 1 rings (SSSR count). The van der Waals surface area contributed by atoms with Crippen molar-refractivity contribution in [3.63, 3.8) is 0 Å². The fraction of sp³-hybridized carbons (Fsp3) is 0.833. The molecule has 1 fully saturated rings. The normalized spacial score (nSPS) is 28.2. The molecule has 8 nitrogen and oxygen atoms in total. The zero-order valence-corrected chi connectivity index (χ0v) is 21.4. The zero-order valence-electron chi connectivity index (χ0n) is 21.4. The molecular weight excluding hydrogens is 412 g/mol. The SMILES string of the molecule is CCC(C)C1C(=O)OC(C(C)C)C(=O)N(C)C(C(C)CC)C(=O)OC(C(C)C)C(=O)N1C. The first-order valence-electron chi connectivity index (χ1n) is 11.7. The Morgan fingerprint density at radius 2 is 0.938 bits per heavy atom. The monoisotopic (exact) mass is 454 g/mol. The van der Waals surface area contributed by atoms with Crippen molar-refractivity contribution >= 4 is 23.8 Å². The predicted octanol–water partition coefficient (Wildman–Crippen LogP) is 2.88. The highest BCUT2D eigenvalue weighted by Crippen LogP contribution is 2.25. The second-order valence-electron chi connectivity index (χ2n) is 9.76. The third-order valence-electron chi connectivity index (χ3n) is 6.56. The average molecular weight is 455 g/mol. The van der Waals surface area contributed by atoms with Gasteiger partial charge in [-0.3, -0.25) is 9.59 Å². The molecule has 0 bridgehead atoms. The van der Waals surface area contributed by atoms with E-state index < -0.39 is 48.0 Å². The van der Waals surface area contributed by atoms with Crippen LogP contribution in [0.5, 0.6) is 0 Å². The molecule has 0 radical (unpaired) electrons. The van der Waals surface area contributed by atoms with Crippen LogP contribution in [0.3, 0.4) is 0 Å². The standard InChI is InChI=1S/C24H42N2O6/c1-11-15(7)17-23(29)31-20(14(5)6)22(28)26(10)18(16(8)12-2)24(30)32-19(13(3)4)21(27)25(17)9/h13-20H,11-12H2,1-10H3. The number of carbonyl (C=O) groups is 4. The Labute approximate surface area is 193 Å². The summed E-state index contributed by atoms with van der Waals surface area (Å²) in [7, 11) is 3.06. The summed E-state index contributed by atoms with van der Waals surface area (Å²) < 4.78 is 11.5. The third kappa shape index (κ3) is 6.01. The number of hydrogen-bond donors (Lipinski definition) is 0. The Bertz CT molecular complexity index is 634. The largest absolute Gasteiger partial charge is 0.450 e. The molecule has 184 valence electrons. The van der Waals surface area contributed by atoms with E-state index in [-0.39, 0.29) is 23.7 Å². The van der Waals surface area contributed by atoms with Crippen molar-refractivity contribution in [3.05, 3.63) is 0 Å². The van der Waals surface area contributed by atoms with E-state index in [1.54, 1.807) is 27.7 Å². The summed E-state index contributed by atoms with van der Waals surface area (Å²) in [5, 5.41) is 0. The molecule has 0 N–H and O–H groups in total. The fourth-order valence-electron chi connectivity index (χ4n) is 4.00. The number of amides is 2. The van der Waals surface area contributed by atoms with E-state index in [9.17, 15) is 19.2 Å². The van der Waals surface area contributed by atoms with Gasteiger partial charge in [0.25, 0.3) is 11.8 Å². The summed E-state index contributed by atoms with van der Waals surface area (Å²) >= 11 is 0. The molecule has 2 amide bonds. The van der Waals surface area contributed by atoms with Crippen molar-refractivity contribution in [1.29, 1.82) is 0 Å². The number of likely N-dealkylation sites (N-methyl/N-ethyl adjacent to an activating group) is 2. The molecule has 6 atom stereocenters. The fourth-order valence-corrected chi connectivity index (χ4v) is 4.00. The second-order valence-corrected chi connectivity index (χ2v) is 9.76. The van der Waals surface area contributed by atoms with Crippen molar-refractivity contribution in [2.24, 2.45) is 23.7 Å². The minimum Gasteiger partial charge on any atom is -0.450 e. The maximum Gasteiger partial charge on any atom is 0.329 e. The van der Waals surface area contributed by atoms with E-state index in [2.05, 4.69) is 0 Å². The third-order valence-corrected chi connectivity index (χ3v) is 6.56. The lowest BCUT2D eigenvalue weighted by Gasteiger charge is -2.39. The van der Waals surface area contributed by atoms with Crippen LogP contribution in [0.1, 0.15) is 68.2 Å². The van der Waals surface area contributed by atoms with E-state index >= 15 is 0 Å². The highest BCUT2D eigenvalue weighted by atomic mass is 16.6. The molecule has 1 aliphatic rings. The molecule has 0 aromatic heterocycles. The van der Waals surface area contributed by atoms with Crippen LogP contribution in [0.4, 0.5) is 0 Å². The summed E-state index contributed by atoms with van der Waals surface area (Å²) in [5.41, 5.74) is 0. The van der Waals surface area contributed by atoms with Crippen molar-refractivity contribution in [3.8, 4) is 0 Å². The second kappa shape index (κ2) is 11.7. The van der Waals surface area contributed by atoms with Gasteiger partial charge in [-0.2, -0.15) is 0 Å². The number of hydrogen-bond acceptors (Lipinski definition) is 6. The molecule has 1 heterocycles. The van der Waals surface area contributed by atoms with Crippen LogP contribution in [-0.2, 0) is 28.7 Å². The number of carbonyl (C=O) groups excluding carboxylic acids is 4. The summed E-state index contributed by atoms with van der Waals surface area (Å²) in [5.74, 6) is -3.19. The van der Waals surface area contributed by atoms with Crippen LogP contribution >= 0.6 is 0 Å². The predicted molar refractivity (Wildman–Crippen MR) is 121 cm³/mol. The van der Waals surface area contributed by atoms with Crippen LogP contribution in [-0.4, -0.2) is 71.9 Å². The van der Waals surface area contributed by atoms with E-state index in [1.165, 1.54) is 23.9 Å². The lowest BCUT2D eigenvalue weighted by molar-refractivity contribution is -0.182. The van der Waals surface area contributed by atoms with Gasteiger partial charge in [0.05, 0.1) is 0 Å². The minimum absolute atomic E-state index is 0.212. The molecular formula is C24H42N2O6. The number of nitrogens with zero attached hydrogens (tertiary/aromatic N) is 2. The highest BCUT2D eigenvalue weighted by Gasteiger charge is 2.44. The smallest absolute Gasteiger partial charge is 0.329 e. The Balaban J connectivity index is 3.64. The Kier molecular flexibility index (Phi) is 10.2. The first-order valence-corrected chi connectivity index (χ1v) is 11.7. The van der Waals surface area contributed by atoms with Crippen LogP contribution in [0, 0.1) is 23.7 Å². The van der Waals surface area contributed by atoms with Crippen LogP contribution < -0.4 is 0 Å². The highest BCUT2D eigenvalue weighted by molar-refractivity contribution is 5.93. The van der Waals surface area contributed by atoms with Crippen molar-refractivity contribution in [2.45, 2.75) is 92.5 Å². The Hall–Kier alpha value is -2.12. The van der Waals surface area contributed by atoms with Crippen molar-refractivity contribution < 1.29 is 28.7 Å². The van der Waals surface area contributed by atoms with Gasteiger partial charge in [0, 0.05) is 14.1 Å². The number of cyclic esters (lactones) is 2. The van der Waals surface area contributed by atoms with Crippen LogP contribution in [0.25, 0.3) is 0 Å². The molecule has 0 aromatic rings. The molecule has 1 aliphatic heterocycles. The molecule has 8 heteroatoms. The number of esters is 2. The van der Waals surface area contributed by atoms with Crippen molar-refractivity contribution in [1.82, 2.24) is 9.80 Å². The van der Waals surface area contributed by atoms with Gasteiger partial charge in [-0.25, -0.2) is 9.59 Å². The summed E-state index contributed by atoms with van der Waals surface area (Å²) in [4.78, 5) is 56.0. The first-order chi connectivity index (χ1) is 14.8.